The zero-order chi connectivity index (χ0) is 9.07. The second kappa shape index (κ2) is 3.70. The van der Waals surface area contributed by atoms with Crippen molar-refractivity contribution in [1.29, 1.82) is 0 Å². The molecule has 0 radical (unpaired) electrons. The van der Waals surface area contributed by atoms with Crippen LogP contribution in [0.25, 0.3) is 0 Å². The normalized spacial score (nSPS) is 13.6. The van der Waals surface area contributed by atoms with E-state index in [4.69, 9.17) is 4.55 Å². The minimum atomic E-state index is -4.46. The molecule has 0 heterocycles. The van der Waals surface area contributed by atoms with E-state index in [1.807, 2.05) is 0 Å². The highest BCUT2D eigenvalue weighted by molar-refractivity contribution is 7.86. The molecule has 0 aliphatic heterocycles. The maximum Gasteiger partial charge on any atom is 0.405 e. The van der Waals surface area contributed by atoms with E-state index in [1.165, 1.54) is 0 Å². The van der Waals surface area contributed by atoms with Crippen LogP contribution in [-0.4, -0.2) is 23.8 Å². The summed E-state index contributed by atoms with van der Waals surface area (Å²) in [6.45, 7) is 3.01. The quantitative estimate of drug-likeness (QED) is 0.413. The lowest BCUT2D eigenvalue weighted by Crippen LogP contribution is -2.22. The van der Waals surface area contributed by atoms with Crippen LogP contribution in [0.15, 0.2) is 12.7 Å². The van der Waals surface area contributed by atoms with Gasteiger partial charge in [0.25, 0.3) is 0 Å². The van der Waals surface area contributed by atoms with Crippen LogP contribution in [-0.2, 0) is 14.9 Å². The van der Waals surface area contributed by atoms with E-state index in [9.17, 15) is 13.2 Å². The number of hydrogen-bond donors (Lipinski definition) is 1. The molecule has 0 aromatic rings. The van der Waals surface area contributed by atoms with Gasteiger partial charge in [-0.3, -0.25) is 4.55 Å². The Morgan fingerprint density at radius 3 is 2.27 bits per heavy atom. The summed E-state index contributed by atoms with van der Waals surface area (Å²) < 4.78 is 32.7. The first-order valence-electron chi connectivity index (χ1n) is 2.33. The van der Waals surface area contributed by atoms with E-state index in [1.54, 1.807) is 0 Å². The first-order valence-corrected chi connectivity index (χ1v) is 4.21. The van der Waals surface area contributed by atoms with Crippen molar-refractivity contribution < 1.29 is 22.5 Å². The summed E-state index contributed by atoms with van der Waals surface area (Å²) in [4.78, 5) is 9.98. The Morgan fingerprint density at radius 2 is 2.18 bits per heavy atom. The molecule has 1 atom stereocenters. The second-order valence-corrected chi connectivity index (χ2v) is 3.28. The fourth-order valence-corrected chi connectivity index (χ4v) is 0.923. The van der Waals surface area contributed by atoms with Crippen molar-refractivity contribution >= 4 is 27.1 Å². The highest BCUT2D eigenvalue weighted by Gasteiger charge is 2.22. The molecule has 0 saturated carbocycles. The van der Waals surface area contributed by atoms with Gasteiger partial charge < -0.3 is 4.74 Å². The molecule has 7 heteroatoms. The average molecular weight is 201 g/mol. The van der Waals surface area contributed by atoms with Crippen molar-refractivity contribution in [3.05, 3.63) is 12.7 Å². The molecule has 0 saturated heterocycles. The average Bonchev–Trinajstić information content (AvgIpc) is 1.79. The lowest BCUT2D eigenvalue weighted by Gasteiger charge is -2.06. The summed E-state index contributed by atoms with van der Waals surface area (Å²) in [5.41, 5.74) is -3.12. The van der Waals surface area contributed by atoms with Crippen LogP contribution in [0.3, 0.4) is 0 Å². The molecule has 5 nitrogen and oxygen atoms in total. The molecule has 0 aliphatic rings. The Kier molecular flexibility index (Phi) is 3.50. The molecule has 0 bridgehead atoms. The van der Waals surface area contributed by atoms with E-state index in [0.29, 0.717) is 0 Å². The number of halogens is 1. The molecule has 0 spiro atoms. The Bertz CT molecular complexity index is 256. The first kappa shape index (κ1) is 10.4. The van der Waals surface area contributed by atoms with Gasteiger partial charge in [-0.15, -0.1) is 0 Å². The van der Waals surface area contributed by atoms with E-state index < -0.39 is 21.0 Å². The van der Waals surface area contributed by atoms with Gasteiger partial charge in [-0.05, 0) is 6.08 Å². The standard InChI is InChI=1S/C4H5ClO5S/c1-2-3(10-4(5)6)11(7,8)9/h2-3H,1H2,(H,7,8,9). The minimum Gasteiger partial charge on any atom is -0.427 e. The van der Waals surface area contributed by atoms with Crippen molar-refractivity contribution in [2.45, 2.75) is 5.44 Å². The van der Waals surface area contributed by atoms with Crippen LogP contribution in [0.4, 0.5) is 4.79 Å². The van der Waals surface area contributed by atoms with Gasteiger partial charge in [0, 0.05) is 11.6 Å². The molecule has 0 aliphatic carbocycles. The molecule has 0 fully saturated rings. The lowest BCUT2D eigenvalue weighted by atomic mass is 10.7. The largest absolute Gasteiger partial charge is 0.427 e. The minimum absolute atomic E-state index is 0.732. The van der Waals surface area contributed by atoms with Crippen LogP contribution in [0.1, 0.15) is 0 Å². The third-order valence-electron chi connectivity index (χ3n) is 0.695. The summed E-state index contributed by atoms with van der Waals surface area (Å²) in [5.74, 6) is 0. The van der Waals surface area contributed by atoms with Crippen LogP contribution < -0.4 is 0 Å². The van der Waals surface area contributed by atoms with Crippen LogP contribution in [0, 0.1) is 0 Å². The summed E-state index contributed by atoms with van der Waals surface area (Å²) in [7, 11) is -4.46. The lowest BCUT2D eigenvalue weighted by molar-refractivity contribution is 0.169. The van der Waals surface area contributed by atoms with E-state index >= 15 is 0 Å². The van der Waals surface area contributed by atoms with Gasteiger partial charge in [-0.25, -0.2) is 4.79 Å². The van der Waals surface area contributed by atoms with Gasteiger partial charge in [0.15, 0.2) is 0 Å². The summed E-state index contributed by atoms with van der Waals surface area (Å²) in [6, 6.07) is 0. The number of ether oxygens (including phenoxy) is 1. The number of rotatable bonds is 3. The van der Waals surface area contributed by atoms with E-state index in [-0.39, 0.29) is 0 Å². The van der Waals surface area contributed by atoms with Crippen LogP contribution >= 0.6 is 11.6 Å². The molecule has 1 N–H and O–H groups in total. The van der Waals surface area contributed by atoms with Crippen LogP contribution in [0.5, 0.6) is 0 Å². The summed E-state index contributed by atoms with van der Waals surface area (Å²) in [6.07, 6.45) is 0.732. The topological polar surface area (TPSA) is 80.7 Å². The zero-order valence-electron chi connectivity index (χ0n) is 5.23. The number of carbonyl (C=O) groups excluding carboxylic acids is 1. The Morgan fingerprint density at radius 1 is 1.73 bits per heavy atom. The Labute approximate surface area is 68.4 Å². The monoisotopic (exact) mass is 200 g/mol. The van der Waals surface area contributed by atoms with Crippen molar-refractivity contribution in [2.24, 2.45) is 0 Å². The third-order valence-corrected chi connectivity index (χ3v) is 1.66. The van der Waals surface area contributed by atoms with Gasteiger partial charge >= 0.3 is 15.5 Å². The highest BCUT2D eigenvalue weighted by Crippen LogP contribution is 2.04. The van der Waals surface area contributed by atoms with Crippen molar-refractivity contribution in [1.82, 2.24) is 0 Å². The Hall–Kier alpha value is -0.590. The second-order valence-electron chi connectivity index (χ2n) is 1.47. The van der Waals surface area contributed by atoms with Gasteiger partial charge in [-0.1, -0.05) is 6.58 Å². The van der Waals surface area contributed by atoms with Crippen molar-refractivity contribution in [3.63, 3.8) is 0 Å². The maximum atomic E-state index is 10.2. The maximum absolute atomic E-state index is 10.2. The molecule has 0 amide bonds. The third kappa shape index (κ3) is 3.97. The fourth-order valence-electron chi connectivity index (χ4n) is 0.322. The molecule has 1 unspecified atom stereocenters. The smallest absolute Gasteiger partial charge is 0.405 e. The van der Waals surface area contributed by atoms with Gasteiger partial charge in [0.1, 0.15) is 0 Å². The number of hydrogen-bond acceptors (Lipinski definition) is 4. The molecular formula is C4H5ClO5S. The van der Waals surface area contributed by atoms with Gasteiger partial charge in [0.05, 0.1) is 0 Å². The predicted octanol–water partition coefficient (Wildman–Crippen LogP) is 0.762. The molecule has 0 aromatic heterocycles. The molecule has 11 heavy (non-hydrogen) atoms. The van der Waals surface area contributed by atoms with Crippen molar-refractivity contribution in [3.8, 4) is 0 Å². The Balaban J connectivity index is 4.44. The van der Waals surface area contributed by atoms with Gasteiger partial charge in [0.2, 0.25) is 5.44 Å². The van der Waals surface area contributed by atoms with Gasteiger partial charge in [-0.2, -0.15) is 8.42 Å². The molecule has 0 aromatic carbocycles. The fraction of sp³-hybridized carbons (Fsp3) is 0.250. The van der Waals surface area contributed by atoms with E-state index in [2.05, 4.69) is 22.9 Å². The highest BCUT2D eigenvalue weighted by atomic mass is 35.5. The zero-order valence-corrected chi connectivity index (χ0v) is 6.80. The first-order chi connectivity index (χ1) is 4.88. The summed E-state index contributed by atoms with van der Waals surface area (Å²) >= 11 is 4.67. The van der Waals surface area contributed by atoms with Crippen molar-refractivity contribution in [2.75, 3.05) is 0 Å². The molecule has 64 valence electrons. The molecular weight excluding hydrogens is 196 g/mol. The molecule has 0 rings (SSSR count). The number of carbonyl (C=O) groups is 1. The predicted molar refractivity (Wildman–Crippen MR) is 37.9 cm³/mol. The van der Waals surface area contributed by atoms with Crippen LogP contribution in [0.2, 0.25) is 0 Å². The SMILES string of the molecule is C=CC(OC(=O)Cl)S(=O)(=O)O. The summed E-state index contributed by atoms with van der Waals surface area (Å²) in [5, 5.41) is 0. The van der Waals surface area contributed by atoms with E-state index in [0.717, 1.165) is 6.08 Å².